The highest BCUT2D eigenvalue weighted by Gasteiger charge is 2.01. The molecule has 4 nitrogen and oxygen atoms in total. The van der Waals surface area contributed by atoms with Gasteiger partial charge in [-0.1, -0.05) is 18.2 Å². The minimum Gasteiger partial charge on any atom is -0.370 e. The third kappa shape index (κ3) is 4.97. The van der Waals surface area contributed by atoms with Crippen molar-refractivity contribution in [1.82, 2.24) is 5.32 Å². The Hall–Kier alpha value is -1.39. The number of nitrogens with two attached hydrogens (primary N) is 1. The lowest BCUT2D eigenvalue weighted by Crippen LogP contribution is -2.24. The maximum atomic E-state index is 10.4. The van der Waals surface area contributed by atoms with Gasteiger partial charge in [-0.05, 0) is 30.5 Å². The molecule has 0 bridgehead atoms. The fourth-order valence-electron chi connectivity index (χ4n) is 1.66. The minimum absolute atomic E-state index is 0.00886. The van der Waals surface area contributed by atoms with E-state index in [1.54, 1.807) is 0 Å². The monoisotopic (exact) mass is 236 g/mol. The van der Waals surface area contributed by atoms with Crippen molar-refractivity contribution < 1.29 is 9.53 Å². The van der Waals surface area contributed by atoms with Crippen LogP contribution in [0.1, 0.15) is 16.7 Å². The van der Waals surface area contributed by atoms with Crippen LogP contribution in [0.2, 0.25) is 0 Å². The molecule has 0 saturated heterocycles. The molecule has 1 rings (SSSR count). The van der Waals surface area contributed by atoms with Crippen molar-refractivity contribution in [3.8, 4) is 0 Å². The van der Waals surface area contributed by atoms with Crippen LogP contribution in [0, 0.1) is 13.8 Å². The first-order valence-electron chi connectivity index (χ1n) is 5.73. The molecule has 94 valence electrons. The maximum Gasteiger partial charge on any atom is 0.243 e. The molecular weight excluding hydrogens is 216 g/mol. The van der Waals surface area contributed by atoms with Crippen molar-refractivity contribution in [2.75, 3.05) is 19.8 Å². The van der Waals surface area contributed by atoms with Crippen LogP contribution in [0.15, 0.2) is 18.2 Å². The Morgan fingerprint density at radius 3 is 2.59 bits per heavy atom. The van der Waals surface area contributed by atoms with Gasteiger partial charge in [0.1, 0.15) is 6.61 Å². The topological polar surface area (TPSA) is 64.3 Å². The molecule has 1 amide bonds. The quantitative estimate of drug-likeness (QED) is 0.691. The summed E-state index contributed by atoms with van der Waals surface area (Å²) in [6.45, 7) is 6.22. The van der Waals surface area contributed by atoms with Crippen LogP contribution in [0.4, 0.5) is 0 Å². The predicted octanol–water partition coefficient (Wildman–Crippen LogP) is 0.895. The summed E-state index contributed by atoms with van der Waals surface area (Å²) in [4.78, 5) is 10.4. The van der Waals surface area contributed by atoms with Gasteiger partial charge in [-0.3, -0.25) is 4.79 Å². The summed E-state index contributed by atoms with van der Waals surface area (Å²) >= 11 is 0. The molecule has 0 aliphatic rings. The standard InChI is InChI=1S/C13H20N2O2/c1-10-4-3-5-11(2)12(10)8-15-6-7-17-9-13(14)16/h3-5,15H,6-9H2,1-2H3,(H2,14,16). The second-order valence-electron chi connectivity index (χ2n) is 4.07. The Labute approximate surface area is 102 Å². The summed E-state index contributed by atoms with van der Waals surface area (Å²) in [6, 6.07) is 6.27. The predicted molar refractivity (Wildman–Crippen MR) is 67.6 cm³/mol. The van der Waals surface area contributed by atoms with Gasteiger partial charge in [0.25, 0.3) is 0 Å². The minimum atomic E-state index is -0.431. The molecule has 0 radical (unpaired) electrons. The van der Waals surface area contributed by atoms with Gasteiger partial charge in [0.05, 0.1) is 6.61 Å². The van der Waals surface area contributed by atoms with E-state index in [9.17, 15) is 4.79 Å². The summed E-state index contributed by atoms with van der Waals surface area (Å²) in [6.07, 6.45) is 0. The zero-order valence-electron chi connectivity index (χ0n) is 10.5. The Bertz CT molecular complexity index is 357. The molecule has 0 unspecified atom stereocenters. The SMILES string of the molecule is Cc1cccc(C)c1CNCCOCC(N)=O. The molecule has 0 spiro atoms. The Morgan fingerprint density at radius 2 is 2.00 bits per heavy atom. The number of primary amides is 1. The van der Waals surface area contributed by atoms with Crippen LogP contribution >= 0.6 is 0 Å². The number of benzene rings is 1. The van der Waals surface area contributed by atoms with Crippen LogP contribution in [0.3, 0.4) is 0 Å². The van der Waals surface area contributed by atoms with E-state index in [-0.39, 0.29) is 6.61 Å². The second kappa shape index (κ2) is 7.04. The molecule has 1 aromatic carbocycles. The molecule has 0 fully saturated rings. The highest BCUT2D eigenvalue weighted by atomic mass is 16.5. The molecule has 0 heterocycles. The van der Waals surface area contributed by atoms with E-state index in [1.807, 2.05) is 0 Å². The number of carbonyl (C=O) groups is 1. The fraction of sp³-hybridized carbons (Fsp3) is 0.462. The lowest BCUT2D eigenvalue weighted by Gasteiger charge is -2.10. The van der Waals surface area contributed by atoms with E-state index < -0.39 is 5.91 Å². The van der Waals surface area contributed by atoms with Gasteiger partial charge in [-0.2, -0.15) is 0 Å². The largest absolute Gasteiger partial charge is 0.370 e. The summed E-state index contributed by atoms with van der Waals surface area (Å²) in [5.74, 6) is -0.431. The van der Waals surface area contributed by atoms with Crippen LogP contribution in [0.25, 0.3) is 0 Å². The Balaban J connectivity index is 2.24. The van der Waals surface area contributed by atoms with Crippen molar-refractivity contribution in [1.29, 1.82) is 0 Å². The number of hydrogen-bond donors (Lipinski definition) is 2. The smallest absolute Gasteiger partial charge is 0.243 e. The van der Waals surface area contributed by atoms with Gasteiger partial charge < -0.3 is 15.8 Å². The average molecular weight is 236 g/mol. The number of amides is 1. The van der Waals surface area contributed by atoms with Gasteiger partial charge in [0, 0.05) is 13.1 Å². The third-order valence-electron chi connectivity index (χ3n) is 2.61. The summed E-state index contributed by atoms with van der Waals surface area (Å²) in [7, 11) is 0. The average Bonchev–Trinajstić information content (AvgIpc) is 2.26. The van der Waals surface area contributed by atoms with Crippen LogP contribution in [-0.4, -0.2) is 25.7 Å². The van der Waals surface area contributed by atoms with E-state index in [1.165, 1.54) is 16.7 Å². The lowest BCUT2D eigenvalue weighted by atomic mass is 10.0. The zero-order chi connectivity index (χ0) is 12.7. The number of rotatable bonds is 7. The van der Waals surface area contributed by atoms with E-state index in [4.69, 9.17) is 10.5 Å². The molecule has 0 aliphatic carbocycles. The van der Waals surface area contributed by atoms with Gasteiger partial charge in [0.2, 0.25) is 5.91 Å². The molecule has 1 aromatic rings. The number of nitrogens with one attached hydrogen (secondary N) is 1. The zero-order valence-corrected chi connectivity index (χ0v) is 10.5. The third-order valence-corrected chi connectivity index (χ3v) is 2.61. The Morgan fingerprint density at radius 1 is 1.35 bits per heavy atom. The first-order valence-corrected chi connectivity index (χ1v) is 5.73. The van der Waals surface area contributed by atoms with E-state index in [0.29, 0.717) is 13.2 Å². The van der Waals surface area contributed by atoms with Crippen LogP contribution in [0.5, 0.6) is 0 Å². The molecule has 4 heteroatoms. The number of hydrogen-bond acceptors (Lipinski definition) is 3. The summed E-state index contributed by atoms with van der Waals surface area (Å²) in [5, 5.41) is 3.28. The first kappa shape index (κ1) is 13.7. The van der Waals surface area contributed by atoms with Gasteiger partial charge in [-0.15, -0.1) is 0 Å². The molecular formula is C13H20N2O2. The van der Waals surface area contributed by atoms with E-state index >= 15 is 0 Å². The fourth-order valence-corrected chi connectivity index (χ4v) is 1.66. The lowest BCUT2D eigenvalue weighted by molar-refractivity contribution is -0.122. The molecule has 0 aromatic heterocycles. The first-order chi connectivity index (χ1) is 8.11. The van der Waals surface area contributed by atoms with Crippen molar-refractivity contribution in [2.45, 2.75) is 20.4 Å². The highest BCUT2D eigenvalue weighted by Crippen LogP contribution is 2.12. The van der Waals surface area contributed by atoms with Crippen LogP contribution < -0.4 is 11.1 Å². The molecule has 0 saturated carbocycles. The molecule has 0 aliphatic heterocycles. The number of aryl methyl sites for hydroxylation is 2. The number of ether oxygens (including phenoxy) is 1. The summed E-state index contributed by atoms with van der Waals surface area (Å²) < 4.78 is 5.06. The molecule has 3 N–H and O–H groups in total. The normalized spacial score (nSPS) is 10.5. The van der Waals surface area contributed by atoms with Crippen LogP contribution in [-0.2, 0) is 16.1 Å². The number of carbonyl (C=O) groups excluding carboxylic acids is 1. The summed E-state index contributed by atoms with van der Waals surface area (Å²) in [5.41, 5.74) is 8.85. The highest BCUT2D eigenvalue weighted by molar-refractivity contribution is 5.74. The van der Waals surface area contributed by atoms with Gasteiger partial charge in [-0.25, -0.2) is 0 Å². The van der Waals surface area contributed by atoms with Crippen molar-refractivity contribution in [3.63, 3.8) is 0 Å². The Kier molecular flexibility index (Phi) is 5.66. The molecule has 17 heavy (non-hydrogen) atoms. The molecule has 0 atom stereocenters. The maximum absolute atomic E-state index is 10.4. The van der Waals surface area contributed by atoms with E-state index in [0.717, 1.165) is 6.54 Å². The van der Waals surface area contributed by atoms with Crippen molar-refractivity contribution in [3.05, 3.63) is 34.9 Å². The van der Waals surface area contributed by atoms with Crippen molar-refractivity contribution >= 4 is 5.91 Å². The van der Waals surface area contributed by atoms with Crippen molar-refractivity contribution in [2.24, 2.45) is 5.73 Å². The van der Waals surface area contributed by atoms with Gasteiger partial charge >= 0.3 is 0 Å². The second-order valence-corrected chi connectivity index (χ2v) is 4.07. The van der Waals surface area contributed by atoms with Gasteiger partial charge in [0.15, 0.2) is 0 Å². The van der Waals surface area contributed by atoms with E-state index in [2.05, 4.69) is 37.4 Å².